The molecule has 0 aliphatic carbocycles. The van der Waals surface area contributed by atoms with Crippen molar-refractivity contribution in [1.29, 1.82) is 0 Å². The summed E-state index contributed by atoms with van der Waals surface area (Å²) in [4.78, 5) is 11.1. The molecule has 0 spiro atoms. The second-order valence-corrected chi connectivity index (χ2v) is 4.25. The van der Waals surface area contributed by atoms with Gasteiger partial charge in [-0.2, -0.15) is 0 Å². The first-order valence-electron chi connectivity index (χ1n) is 5.82. The number of carbonyl (C=O) groups excluding carboxylic acids is 1. The molecule has 1 rings (SSSR count). The van der Waals surface area contributed by atoms with Crippen molar-refractivity contribution in [3.05, 3.63) is 35.4 Å². The third kappa shape index (κ3) is 4.79. The average molecular weight is 257 g/mol. The molecule has 0 atom stereocenters. The number of esters is 1. The van der Waals surface area contributed by atoms with Crippen molar-refractivity contribution in [3.8, 4) is 0 Å². The zero-order valence-electron chi connectivity index (χ0n) is 10.5. The summed E-state index contributed by atoms with van der Waals surface area (Å²) in [6, 6.07) is 3.74. The fraction of sp³-hybridized carbons (Fsp3) is 0.462. The maximum atomic E-state index is 12.9. The van der Waals surface area contributed by atoms with Crippen LogP contribution >= 0.6 is 0 Å². The van der Waals surface area contributed by atoms with Gasteiger partial charge in [0.05, 0.1) is 5.92 Å². The van der Waals surface area contributed by atoms with E-state index < -0.39 is 11.6 Å². The second-order valence-electron chi connectivity index (χ2n) is 4.25. The normalized spacial score (nSPS) is 10.7. The number of halogens is 2. The molecule has 0 amide bonds. The van der Waals surface area contributed by atoms with E-state index in [1.165, 1.54) is 6.07 Å². The summed E-state index contributed by atoms with van der Waals surface area (Å²) in [6.07, 6.45) is 0. The third-order valence-corrected chi connectivity index (χ3v) is 2.31. The molecule has 1 aromatic rings. The van der Waals surface area contributed by atoms with Crippen molar-refractivity contribution in [2.75, 3.05) is 13.2 Å². The molecule has 0 aliphatic rings. The number of rotatable bonds is 6. The summed E-state index contributed by atoms with van der Waals surface area (Å²) < 4.78 is 30.5. The Morgan fingerprint density at radius 2 is 2.06 bits per heavy atom. The van der Waals surface area contributed by atoms with Crippen LogP contribution in [0.25, 0.3) is 0 Å². The van der Waals surface area contributed by atoms with Crippen molar-refractivity contribution >= 4 is 5.97 Å². The Bertz CT molecular complexity index is 408. The van der Waals surface area contributed by atoms with Gasteiger partial charge in [-0.25, -0.2) is 8.78 Å². The molecule has 5 heteroatoms. The van der Waals surface area contributed by atoms with Gasteiger partial charge in [-0.05, 0) is 17.7 Å². The number of carbonyl (C=O) groups is 1. The molecule has 0 saturated heterocycles. The van der Waals surface area contributed by atoms with Crippen LogP contribution in [-0.4, -0.2) is 19.1 Å². The lowest BCUT2D eigenvalue weighted by Crippen LogP contribution is -2.22. The predicted octanol–water partition coefficient (Wildman–Crippen LogP) is 2.25. The van der Waals surface area contributed by atoms with Crippen LogP contribution in [0.5, 0.6) is 0 Å². The van der Waals surface area contributed by atoms with E-state index in [-0.39, 0.29) is 18.5 Å². The van der Waals surface area contributed by atoms with Gasteiger partial charge in [0.15, 0.2) is 11.6 Å². The summed E-state index contributed by atoms with van der Waals surface area (Å²) in [5.74, 6) is -2.11. The minimum atomic E-state index is -0.861. The molecule has 100 valence electrons. The van der Waals surface area contributed by atoms with Crippen LogP contribution in [0.4, 0.5) is 8.78 Å². The molecule has 0 radical (unpaired) electrons. The van der Waals surface area contributed by atoms with E-state index in [0.717, 1.165) is 12.1 Å². The van der Waals surface area contributed by atoms with E-state index in [0.29, 0.717) is 18.7 Å². The predicted molar refractivity (Wildman–Crippen MR) is 63.9 cm³/mol. The lowest BCUT2D eigenvalue weighted by Gasteiger charge is -2.08. The number of ether oxygens (including phenoxy) is 1. The first-order chi connectivity index (χ1) is 8.50. The highest BCUT2D eigenvalue weighted by atomic mass is 19.2. The molecule has 0 heterocycles. The molecule has 0 saturated carbocycles. The van der Waals surface area contributed by atoms with Crippen molar-refractivity contribution in [2.45, 2.75) is 20.4 Å². The lowest BCUT2D eigenvalue weighted by atomic mass is 10.2. The summed E-state index contributed by atoms with van der Waals surface area (Å²) in [5.41, 5.74) is 0.643. The van der Waals surface area contributed by atoms with Crippen LogP contribution in [0.15, 0.2) is 18.2 Å². The highest BCUT2D eigenvalue weighted by Gasteiger charge is 2.07. The van der Waals surface area contributed by atoms with Gasteiger partial charge < -0.3 is 10.1 Å². The van der Waals surface area contributed by atoms with Crippen LogP contribution in [0.3, 0.4) is 0 Å². The zero-order chi connectivity index (χ0) is 13.5. The highest BCUT2D eigenvalue weighted by Crippen LogP contribution is 2.08. The van der Waals surface area contributed by atoms with Gasteiger partial charge in [-0.15, -0.1) is 0 Å². The van der Waals surface area contributed by atoms with Gasteiger partial charge in [0.2, 0.25) is 0 Å². The molecule has 0 aromatic heterocycles. The van der Waals surface area contributed by atoms with Gasteiger partial charge in [-0.1, -0.05) is 19.9 Å². The van der Waals surface area contributed by atoms with Crippen molar-refractivity contribution in [3.63, 3.8) is 0 Å². The molecule has 0 bridgehead atoms. The van der Waals surface area contributed by atoms with Gasteiger partial charge in [-0.3, -0.25) is 4.79 Å². The van der Waals surface area contributed by atoms with E-state index in [4.69, 9.17) is 4.74 Å². The van der Waals surface area contributed by atoms with Crippen LogP contribution in [0.1, 0.15) is 19.4 Å². The molecule has 18 heavy (non-hydrogen) atoms. The molecule has 1 aromatic carbocycles. The fourth-order valence-corrected chi connectivity index (χ4v) is 1.27. The van der Waals surface area contributed by atoms with Crippen LogP contribution in [-0.2, 0) is 16.1 Å². The van der Waals surface area contributed by atoms with Gasteiger partial charge in [0.25, 0.3) is 0 Å². The molecule has 0 unspecified atom stereocenters. The molecule has 3 nitrogen and oxygen atoms in total. The molecule has 0 fully saturated rings. The quantitative estimate of drug-likeness (QED) is 0.627. The third-order valence-electron chi connectivity index (χ3n) is 2.31. The monoisotopic (exact) mass is 257 g/mol. The number of hydrogen-bond donors (Lipinski definition) is 1. The summed E-state index contributed by atoms with van der Waals surface area (Å²) >= 11 is 0. The minimum Gasteiger partial charge on any atom is -0.464 e. The average Bonchev–Trinajstić information content (AvgIpc) is 2.32. The second kappa shape index (κ2) is 7.06. The Morgan fingerprint density at radius 1 is 1.33 bits per heavy atom. The topological polar surface area (TPSA) is 38.3 Å². The number of hydrogen-bond acceptors (Lipinski definition) is 3. The summed E-state index contributed by atoms with van der Waals surface area (Å²) in [7, 11) is 0. The first kappa shape index (κ1) is 14.6. The van der Waals surface area contributed by atoms with E-state index in [2.05, 4.69) is 5.32 Å². The molecular formula is C13H17F2NO2. The standard InChI is InChI=1S/C13H17F2NO2/c1-9(2)13(17)18-6-5-16-8-10-3-4-11(14)12(15)7-10/h3-4,7,9,16H,5-6,8H2,1-2H3. The molecule has 0 aliphatic heterocycles. The van der Waals surface area contributed by atoms with Crippen LogP contribution in [0, 0.1) is 17.6 Å². The zero-order valence-corrected chi connectivity index (χ0v) is 10.5. The first-order valence-corrected chi connectivity index (χ1v) is 5.82. The van der Waals surface area contributed by atoms with E-state index in [1.807, 2.05) is 0 Å². The number of nitrogens with one attached hydrogen (secondary N) is 1. The van der Waals surface area contributed by atoms with Crippen LogP contribution < -0.4 is 5.32 Å². The Labute approximate surface area is 105 Å². The van der Waals surface area contributed by atoms with Gasteiger partial charge in [0, 0.05) is 13.1 Å². The maximum absolute atomic E-state index is 12.9. The molecule has 1 N–H and O–H groups in total. The van der Waals surface area contributed by atoms with E-state index >= 15 is 0 Å². The van der Waals surface area contributed by atoms with E-state index in [9.17, 15) is 13.6 Å². The maximum Gasteiger partial charge on any atom is 0.308 e. The SMILES string of the molecule is CC(C)C(=O)OCCNCc1ccc(F)c(F)c1. The Morgan fingerprint density at radius 3 is 2.67 bits per heavy atom. The highest BCUT2D eigenvalue weighted by molar-refractivity contribution is 5.71. The lowest BCUT2D eigenvalue weighted by molar-refractivity contribution is -0.147. The smallest absolute Gasteiger partial charge is 0.308 e. The van der Waals surface area contributed by atoms with Crippen molar-refractivity contribution in [2.24, 2.45) is 5.92 Å². The summed E-state index contributed by atoms with van der Waals surface area (Å²) in [6.45, 7) is 4.66. The Balaban J connectivity index is 2.22. The van der Waals surface area contributed by atoms with E-state index in [1.54, 1.807) is 13.8 Å². The van der Waals surface area contributed by atoms with Crippen molar-refractivity contribution in [1.82, 2.24) is 5.32 Å². The fourth-order valence-electron chi connectivity index (χ4n) is 1.27. The van der Waals surface area contributed by atoms with Crippen LogP contribution in [0.2, 0.25) is 0 Å². The largest absolute Gasteiger partial charge is 0.464 e. The Kier molecular flexibility index (Phi) is 5.71. The molecular weight excluding hydrogens is 240 g/mol. The Hall–Kier alpha value is -1.49. The minimum absolute atomic E-state index is 0.142. The van der Waals surface area contributed by atoms with Gasteiger partial charge >= 0.3 is 5.97 Å². The summed E-state index contributed by atoms with van der Waals surface area (Å²) in [5, 5.41) is 2.98. The van der Waals surface area contributed by atoms with Gasteiger partial charge in [0.1, 0.15) is 6.61 Å². The number of benzene rings is 1. The van der Waals surface area contributed by atoms with Crippen molar-refractivity contribution < 1.29 is 18.3 Å².